The minimum absolute atomic E-state index is 0.101. The van der Waals surface area contributed by atoms with Crippen molar-refractivity contribution in [1.82, 2.24) is 14.9 Å². The SMILES string of the molecule is COCCN(CCC#N)C(=O)c1nc(C(C)C)ncc1N. The molecule has 1 rings (SSSR count). The normalized spacial score (nSPS) is 10.4. The van der Waals surface area contributed by atoms with Gasteiger partial charge in [0.05, 0.1) is 31.0 Å². The van der Waals surface area contributed by atoms with E-state index in [0.717, 1.165) is 0 Å². The fourth-order valence-electron chi connectivity index (χ4n) is 1.71. The molecule has 7 nitrogen and oxygen atoms in total. The Morgan fingerprint density at radius 1 is 1.52 bits per heavy atom. The van der Waals surface area contributed by atoms with Gasteiger partial charge in [0.15, 0.2) is 5.69 Å². The summed E-state index contributed by atoms with van der Waals surface area (Å²) in [5, 5.41) is 8.69. The van der Waals surface area contributed by atoms with Crippen molar-refractivity contribution in [1.29, 1.82) is 5.26 Å². The first-order valence-electron chi connectivity index (χ1n) is 6.78. The molecule has 0 aliphatic carbocycles. The zero-order valence-electron chi connectivity index (χ0n) is 12.7. The average Bonchev–Trinajstić information content (AvgIpc) is 2.47. The second kappa shape index (κ2) is 8.17. The molecule has 1 amide bonds. The first-order valence-corrected chi connectivity index (χ1v) is 6.78. The second-order valence-electron chi connectivity index (χ2n) is 4.88. The fraction of sp³-hybridized carbons (Fsp3) is 0.571. The van der Waals surface area contributed by atoms with Gasteiger partial charge in [-0.3, -0.25) is 4.79 Å². The molecule has 0 saturated heterocycles. The lowest BCUT2D eigenvalue weighted by molar-refractivity contribution is 0.0694. The van der Waals surface area contributed by atoms with Gasteiger partial charge in [0.1, 0.15) is 5.82 Å². The Bertz CT molecular complexity index is 525. The molecule has 21 heavy (non-hydrogen) atoms. The highest BCUT2D eigenvalue weighted by molar-refractivity contribution is 5.97. The zero-order chi connectivity index (χ0) is 15.8. The number of hydrogen-bond acceptors (Lipinski definition) is 6. The number of ether oxygens (including phenoxy) is 1. The van der Waals surface area contributed by atoms with Crippen LogP contribution in [0.2, 0.25) is 0 Å². The Morgan fingerprint density at radius 2 is 2.24 bits per heavy atom. The van der Waals surface area contributed by atoms with Crippen LogP contribution >= 0.6 is 0 Å². The molecule has 0 radical (unpaired) electrons. The van der Waals surface area contributed by atoms with Gasteiger partial charge in [-0.1, -0.05) is 13.8 Å². The summed E-state index contributed by atoms with van der Waals surface area (Å²) in [6, 6.07) is 2.03. The number of amides is 1. The molecule has 0 atom stereocenters. The summed E-state index contributed by atoms with van der Waals surface area (Å²) in [6.45, 7) is 4.98. The lowest BCUT2D eigenvalue weighted by atomic mass is 10.2. The van der Waals surface area contributed by atoms with Crippen LogP contribution in [0, 0.1) is 11.3 Å². The largest absolute Gasteiger partial charge is 0.396 e. The maximum absolute atomic E-state index is 12.5. The van der Waals surface area contributed by atoms with Crippen molar-refractivity contribution in [2.24, 2.45) is 0 Å². The van der Waals surface area contributed by atoms with Crippen LogP contribution in [0.1, 0.15) is 42.5 Å². The van der Waals surface area contributed by atoms with Crippen LogP contribution < -0.4 is 5.73 Å². The first kappa shape index (κ1) is 16.9. The molecule has 1 aromatic rings. The van der Waals surface area contributed by atoms with Crippen molar-refractivity contribution in [3.8, 4) is 6.07 Å². The van der Waals surface area contributed by atoms with Gasteiger partial charge < -0.3 is 15.4 Å². The highest BCUT2D eigenvalue weighted by Crippen LogP contribution is 2.15. The smallest absolute Gasteiger partial charge is 0.274 e. The van der Waals surface area contributed by atoms with Crippen LogP contribution in [0.5, 0.6) is 0 Å². The highest BCUT2D eigenvalue weighted by Gasteiger charge is 2.21. The van der Waals surface area contributed by atoms with Gasteiger partial charge in [-0.2, -0.15) is 5.26 Å². The van der Waals surface area contributed by atoms with E-state index in [1.807, 2.05) is 19.9 Å². The Morgan fingerprint density at radius 3 is 2.81 bits per heavy atom. The minimum atomic E-state index is -0.302. The predicted octanol–water partition coefficient (Wildman–Crippen LogP) is 1.18. The molecule has 0 bridgehead atoms. The summed E-state index contributed by atoms with van der Waals surface area (Å²) >= 11 is 0. The third-order valence-corrected chi connectivity index (χ3v) is 2.90. The van der Waals surface area contributed by atoms with Crippen LogP contribution in [0.25, 0.3) is 0 Å². The summed E-state index contributed by atoms with van der Waals surface area (Å²) in [5.74, 6) is 0.368. The number of rotatable bonds is 7. The Balaban J connectivity index is 3.01. The molecule has 2 N–H and O–H groups in total. The fourth-order valence-corrected chi connectivity index (χ4v) is 1.71. The molecule has 0 saturated carbocycles. The Hall–Kier alpha value is -2.20. The van der Waals surface area contributed by atoms with E-state index in [4.69, 9.17) is 15.7 Å². The van der Waals surface area contributed by atoms with Crippen molar-refractivity contribution in [3.63, 3.8) is 0 Å². The monoisotopic (exact) mass is 291 g/mol. The number of nitrogens with two attached hydrogens (primary N) is 1. The van der Waals surface area contributed by atoms with E-state index in [1.165, 1.54) is 11.1 Å². The molecule has 0 unspecified atom stereocenters. The number of nitrogen functional groups attached to an aromatic ring is 1. The third-order valence-electron chi connectivity index (χ3n) is 2.90. The molecule has 1 heterocycles. The molecule has 1 aromatic heterocycles. The van der Waals surface area contributed by atoms with Gasteiger partial charge >= 0.3 is 0 Å². The molecular formula is C14H21N5O2. The van der Waals surface area contributed by atoms with Crippen molar-refractivity contribution in [2.75, 3.05) is 32.5 Å². The van der Waals surface area contributed by atoms with E-state index in [0.29, 0.717) is 25.5 Å². The van der Waals surface area contributed by atoms with E-state index in [-0.39, 0.29) is 29.6 Å². The molecule has 0 fully saturated rings. The van der Waals surface area contributed by atoms with Gasteiger partial charge in [0, 0.05) is 26.1 Å². The van der Waals surface area contributed by atoms with Gasteiger partial charge in [-0.25, -0.2) is 9.97 Å². The number of carbonyl (C=O) groups excluding carboxylic acids is 1. The molecule has 0 aliphatic heterocycles. The average molecular weight is 291 g/mol. The van der Waals surface area contributed by atoms with Gasteiger partial charge in [-0.15, -0.1) is 0 Å². The van der Waals surface area contributed by atoms with Crippen LogP contribution in [0.15, 0.2) is 6.20 Å². The maximum Gasteiger partial charge on any atom is 0.274 e. The van der Waals surface area contributed by atoms with E-state index in [2.05, 4.69) is 9.97 Å². The summed E-state index contributed by atoms with van der Waals surface area (Å²) in [7, 11) is 1.56. The Kier molecular flexibility index (Phi) is 6.56. The maximum atomic E-state index is 12.5. The zero-order valence-corrected chi connectivity index (χ0v) is 12.7. The highest BCUT2D eigenvalue weighted by atomic mass is 16.5. The summed E-state index contributed by atoms with van der Waals surface area (Å²) in [5.41, 5.74) is 6.24. The number of hydrogen-bond donors (Lipinski definition) is 1. The number of nitriles is 1. The van der Waals surface area contributed by atoms with Crippen LogP contribution in [-0.4, -0.2) is 47.6 Å². The van der Waals surface area contributed by atoms with Crippen molar-refractivity contribution < 1.29 is 9.53 Å². The second-order valence-corrected chi connectivity index (χ2v) is 4.88. The van der Waals surface area contributed by atoms with Gasteiger partial charge in [-0.05, 0) is 0 Å². The topological polar surface area (TPSA) is 105 Å². The van der Waals surface area contributed by atoms with E-state index in [9.17, 15) is 4.79 Å². The van der Waals surface area contributed by atoms with Gasteiger partial charge in [0.2, 0.25) is 0 Å². The molecule has 0 aromatic carbocycles. The van der Waals surface area contributed by atoms with Crippen LogP contribution in [-0.2, 0) is 4.74 Å². The van der Waals surface area contributed by atoms with Crippen molar-refractivity contribution in [2.45, 2.75) is 26.2 Å². The number of methoxy groups -OCH3 is 1. The van der Waals surface area contributed by atoms with Crippen LogP contribution in [0.4, 0.5) is 5.69 Å². The summed E-state index contributed by atoms with van der Waals surface area (Å²) in [6.07, 6.45) is 1.70. The van der Waals surface area contributed by atoms with Crippen molar-refractivity contribution >= 4 is 11.6 Å². The van der Waals surface area contributed by atoms with E-state index < -0.39 is 0 Å². The van der Waals surface area contributed by atoms with E-state index >= 15 is 0 Å². The molecule has 7 heteroatoms. The molecule has 0 spiro atoms. The van der Waals surface area contributed by atoms with Gasteiger partial charge in [0.25, 0.3) is 5.91 Å². The predicted molar refractivity (Wildman–Crippen MR) is 78.5 cm³/mol. The van der Waals surface area contributed by atoms with Crippen LogP contribution in [0.3, 0.4) is 0 Å². The van der Waals surface area contributed by atoms with Crippen molar-refractivity contribution in [3.05, 3.63) is 17.7 Å². The molecule has 0 aliphatic rings. The van der Waals surface area contributed by atoms with E-state index in [1.54, 1.807) is 7.11 Å². The standard InChI is InChI=1S/C14H21N5O2/c1-10(2)13-17-9-11(16)12(18-13)14(20)19(6-4-5-15)7-8-21-3/h9-10H,4,6-8,16H2,1-3H3. The number of carbonyl (C=O) groups is 1. The Labute approximate surface area is 124 Å². The quantitative estimate of drug-likeness (QED) is 0.808. The summed E-state index contributed by atoms with van der Waals surface area (Å²) < 4.78 is 4.99. The first-order chi connectivity index (χ1) is 10.0. The molecular weight excluding hydrogens is 270 g/mol. The molecule has 114 valence electrons. The third kappa shape index (κ3) is 4.68. The number of nitrogens with zero attached hydrogens (tertiary/aromatic N) is 4. The lowest BCUT2D eigenvalue weighted by Gasteiger charge is -2.21. The summed E-state index contributed by atoms with van der Waals surface area (Å²) in [4.78, 5) is 22.4. The lowest BCUT2D eigenvalue weighted by Crippen LogP contribution is -2.36. The number of anilines is 1. The minimum Gasteiger partial charge on any atom is -0.396 e. The number of aromatic nitrogens is 2.